The zero-order valence-corrected chi connectivity index (χ0v) is 13.9. The molecule has 2 aromatic carbocycles. The molecule has 0 aliphatic heterocycles. The maximum atomic E-state index is 8.33. The van der Waals surface area contributed by atoms with Crippen LogP contribution in [0.15, 0.2) is 60.7 Å². The third-order valence-electron chi connectivity index (χ3n) is 3.29. The van der Waals surface area contributed by atoms with Crippen molar-refractivity contribution in [2.75, 3.05) is 0 Å². The molecule has 0 radical (unpaired) electrons. The predicted molar refractivity (Wildman–Crippen MR) is 93.7 cm³/mol. The number of rotatable bonds is 8. The van der Waals surface area contributed by atoms with Gasteiger partial charge in [-0.1, -0.05) is 80.4 Å². The molecule has 126 valence electrons. The van der Waals surface area contributed by atoms with E-state index in [1.165, 1.54) is 11.1 Å². The van der Waals surface area contributed by atoms with Crippen molar-refractivity contribution in [1.82, 2.24) is 0 Å². The van der Waals surface area contributed by atoms with Crippen LogP contribution >= 0.6 is 0 Å². The summed E-state index contributed by atoms with van der Waals surface area (Å²) >= 11 is 0. The monoisotopic (exact) mass is 316 g/mol. The van der Waals surface area contributed by atoms with Crippen LogP contribution in [0, 0.1) is 0 Å². The fraction of sp³-hybridized carbons (Fsp3) is 0.400. The van der Waals surface area contributed by atoms with E-state index in [1.54, 1.807) is 0 Å². The molecule has 2 aromatic rings. The van der Waals surface area contributed by atoms with E-state index in [1.807, 2.05) is 36.4 Å². The number of benzene rings is 2. The Hall–Kier alpha value is -1.68. The summed E-state index contributed by atoms with van der Waals surface area (Å²) in [5.74, 6) is 0. The van der Waals surface area contributed by atoms with E-state index < -0.39 is 6.29 Å². The van der Waals surface area contributed by atoms with Crippen molar-refractivity contribution in [3.05, 3.63) is 71.8 Å². The van der Waals surface area contributed by atoms with Gasteiger partial charge in [-0.2, -0.15) is 0 Å². The highest BCUT2D eigenvalue weighted by Crippen LogP contribution is 2.05. The Balaban J connectivity index is 0.000000284. The molecule has 0 aliphatic carbocycles. The van der Waals surface area contributed by atoms with Crippen LogP contribution in [0.3, 0.4) is 0 Å². The Morgan fingerprint density at radius 2 is 1.26 bits per heavy atom. The van der Waals surface area contributed by atoms with Crippen molar-refractivity contribution < 1.29 is 14.9 Å². The molecule has 0 atom stereocenters. The molecule has 0 spiro atoms. The first-order valence-corrected chi connectivity index (χ1v) is 8.24. The molecule has 0 aliphatic rings. The summed E-state index contributed by atoms with van der Waals surface area (Å²) in [6, 6.07) is 20.4. The number of aliphatic hydroxyl groups is 2. The van der Waals surface area contributed by atoms with E-state index in [2.05, 4.69) is 31.2 Å². The summed E-state index contributed by atoms with van der Waals surface area (Å²) in [5.41, 5.74) is 2.43. The zero-order valence-electron chi connectivity index (χ0n) is 13.9. The van der Waals surface area contributed by atoms with Gasteiger partial charge in [-0.25, -0.2) is 0 Å². The third kappa shape index (κ3) is 10.6. The van der Waals surface area contributed by atoms with Crippen molar-refractivity contribution in [2.24, 2.45) is 0 Å². The van der Waals surface area contributed by atoms with E-state index in [4.69, 9.17) is 14.9 Å². The highest BCUT2D eigenvalue weighted by molar-refractivity contribution is 5.15. The molecule has 3 heteroatoms. The van der Waals surface area contributed by atoms with Gasteiger partial charge in [0.05, 0.1) is 13.2 Å². The largest absolute Gasteiger partial charge is 0.372 e. The first kappa shape index (κ1) is 19.4. The lowest BCUT2D eigenvalue weighted by Crippen LogP contribution is -2.02. The minimum absolute atomic E-state index is 0.522. The van der Waals surface area contributed by atoms with E-state index in [0.717, 1.165) is 19.3 Å². The molecule has 0 fully saturated rings. The van der Waals surface area contributed by atoms with Crippen molar-refractivity contribution in [3.8, 4) is 0 Å². The standard InChI is InChI=1S/C14H14O.C6H14O2/c1-3-7-13(8-4-1)11-15-12-14-9-5-2-6-10-14;1-2-3-4-5-6(7)8/h1-10H,11-12H2;6-8H,2-5H2,1H3. The van der Waals surface area contributed by atoms with Gasteiger partial charge in [0.2, 0.25) is 0 Å². The first-order chi connectivity index (χ1) is 11.2. The van der Waals surface area contributed by atoms with Crippen molar-refractivity contribution in [1.29, 1.82) is 0 Å². The summed E-state index contributed by atoms with van der Waals surface area (Å²) in [5, 5.41) is 16.7. The molecule has 0 heterocycles. The van der Waals surface area contributed by atoms with Crippen LogP contribution in [0.1, 0.15) is 43.7 Å². The van der Waals surface area contributed by atoms with Crippen LogP contribution in [-0.4, -0.2) is 16.5 Å². The van der Waals surface area contributed by atoms with E-state index in [0.29, 0.717) is 19.6 Å². The predicted octanol–water partition coefficient (Wildman–Crippen LogP) is 4.28. The molecule has 0 aromatic heterocycles. The van der Waals surface area contributed by atoms with Crippen molar-refractivity contribution >= 4 is 0 Å². The Labute approximate surface area is 139 Å². The van der Waals surface area contributed by atoms with Gasteiger partial charge in [0, 0.05) is 0 Å². The van der Waals surface area contributed by atoms with E-state index >= 15 is 0 Å². The average Bonchev–Trinajstić information content (AvgIpc) is 2.57. The molecular formula is C20H28O3. The van der Waals surface area contributed by atoms with Crippen LogP contribution in [0.2, 0.25) is 0 Å². The molecule has 0 amide bonds. The second kappa shape index (κ2) is 12.8. The summed E-state index contributed by atoms with van der Waals surface area (Å²) in [7, 11) is 0. The normalized spacial score (nSPS) is 10.3. The van der Waals surface area contributed by atoms with Crippen LogP contribution in [0.4, 0.5) is 0 Å². The highest BCUT2D eigenvalue weighted by atomic mass is 16.5. The van der Waals surface area contributed by atoms with Crippen LogP contribution in [0.5, 0.6) is 0 Å². The molecular weight excluding hydrogens is 288 g/mol. The minimum atomic E-state index is -1.10. The topological polar surface area (TPSA) is 49.7 Å². The molecule has 0 saturated heterocycles. The SMILES string of the molecule is CCCCCC(O)O.c1ccc(COCc2ccccc2)cc1. The van der Waals surface area contributed by atoms with Crippen molar-refractivity contribution in [3.63, 3.8) is 0 Å². The molecule has 23 heavy (non-hydrogen) atoms. The minimum Gasteiger partial charge on any atom is -0.372 e. The first-order valence-electron chi connectivity index (χ1n) is 8.24. The fourth-order valence-electron chi connectivity index (χ4n) is 2.01. The molecule has 0 saturated carbocycles. The second-order valence-electron chi connectivity index (χ2n) is 5.44. The lowest BCUT2D eigenvalue weighted by molar-refractivity contribution is -0.0465. The maximum absolute atomic E-state index is 8.33. The molecule has 2 N–H and O–H groups in total. The summed E-state index contributed by atoms with van der Waals surface area (Å²) in [6.07, 6.45) is 2.58. The Bertz CT molecular complexity index is 443. The summed E-state index contributed by atoms with van der Waals surface area (Å²) in [6.45, 7) is 3.44. The smallest absolute Gasteiger partial charge is 0.151 e. The Morgan fingerprint density at radius 3 is 1.65 bits per heavy atom. The zero-order chi connectivity index (χ0) is 16.8. The number of ether oxygens (including phenoxy) is 1. The van der Waals surface area contributed by atoms with Crippen molar-refractivity contribution in [2.45, 2.75) is 52.1 Å². The molecule has 2 rings (SSSR count). The van der Waals surface area contributed by atoms with Crippen LogP contribution in [0.25, 0.3) is 0 Å². The van der Waals surface area contributed by atoms with Gasteiger partial charge in [0.1, 0.15) is 0 Å². The lowest BCUT2D eigenvalue weighted by atomic mass is 10.2. The summed E-state index contributed by atoms with van der Waals surface area (Å²) < 4.78 is 5.61. The fourth-order valence-corrected chi connectivity index (χ4v) is 2.01. The van der Waals surface area contributed by atoms with Gasteiger partial charge in [-0.05, 0) is 24.0 Å². The number of aliphatic hydroxyl groups excluding tert-OH is 1. The van der Waals surface area contributed by atoms with Gasteiger partial charge in [-0.3, -0.25) is 0 Å². The quantitative estimate of drug-likeness (QED) is 0.564. The van der Waals surface area contributed by atoms with Gasteiger partial charge >= 0.3 is 0 Å². The van der Waals surface area contributed by atoms with Gasteiger partial charge in [-0.15, -0.1) is 0 Å². The number of hydrogen-bond donors (Lipinski definition) is 2. The van der Waals surface area contributed by atoms with Crippen LogP contribution in [-0.2, 0) is 18.0 Å². The summed E-state index contributed by atoms with van der Waals surface area (Å²) in [4.78, 5) is 0. The Morgan fingerprint density at radius 1 is 0.783 bits per heavy atom. The average molecular weight is 316 g/mol. The van der Waals surface area contributed by atoms with Gasteiger partial charge in [0.15, 0.2) is 6.29 Å². The lowest BCUT2D eigenvalue weighted by Gasteiger charge is -2.03. The maximum Gasteiger partial charge on any atom is 0.151 e. The van der Waals surface area contributed by atoms with E-state index in [9.17, 15) is 0 Å². The molecule has 0 unspecified atom stereocenters. The van der Waals surface area contributed by atoms with Gasteiger partial charge < -0.3 is 14.9 Å². The second-order valence-corrected chi connectivity index (χ2v) is 5.44. The third-order valence-corrected chi connectivity index (χ3v) is 3.29. The Kier molecular flexibility index (Phi) is 10.8. The van der Waals surface area contributed by atoms with Crippen LogP contribution < -0.4 is 0 Å². The van der Waals surface area contributed by atoms with Gasteiger partial charge in [0.25, 0.3) is 0 Å². The molecule has 3 nitrogen and oxygen atoms in total. The number of hydrogen-bond acceptors (Lipinski definition) is 3. The van der Waals surface area contributed by atoms with E-state index in [-0.39, 0.29) is 0 Å². The highest BCUT2D eigenvalue weighted by Gasteiger charge is 1.94. The molecule has 0 bridgehead atoms. The number of unbranched alkanes of at least 4 members (excludes halogenated alkanes) is 2.